The van der Waals surface area contributed by atoms with Crippen LogP contribution in [0.1, 0.15) is 11.1 Å². The fraction of sp³-hybridized carbons (Fsp3) is 0.0213. The summed E-state index contributed by atoms with van der Waals surface area (Å²) in [6.07, 6.45) is 0.991. The molecule has 0 saturated carbocycles. The van der Waals surface area contributed by atoms with Crippen molar-refractivity contribution >= 4 is 43.1 Å². The molecule has 0 aliphatic heterocycles. The Morgan fingerprint density at radius 1 is 0.277 bits per heavy atom. The van der Waals surface area contributed by atoms with Crippen molar-refractivity contribution in [1.82, 2.24) is 0 Å². The third-order valence-corrected chi connectivity index (χ3v) is 10.3. The Morgan fingerprint density at radius 3 is 1.45 bits per heavy atom. The van der Waals surface area contributed by atoms with Gasteiger partial charge in [-0.2, -0.15) is 0 Å². The van der Waals surface area contributed by atoms with E-state index in [1.807, 2.05) is 0 Å². The largest absolute Gasteiger partial charge is 0.0616 e. The smallest absolute Gasteiger partial charge is 0.00132 e. The molecular weight excluding hydrogens is 565 g/mol. The Kier molecular flexibility index (Phi) is 5.74. The number of benzene rings is 9. The van der Waals surface area contributed by atoms with E-state index in [2.05, 4.69) is 170 Å². The fourth-order valence-corrected chi connectivity index (χ4v) is 8.15. The molecule has 218 valence electrons. The van der Waals surface area contributed by atoms with Gasteiger partial charge in [0, 0.05) is 0 Å². The van der Waals surface area contributed by atoms with Gasteiger partial charge in [-0.15, -0.1) is 0 Å². The van der Waals surface area contributed by atoms with Gasteiger partial charge in [0.15, 0.2) is 0 Å². The minimum atomic E-state index is 0.991. The van der Waals surface area contributed by atoms with Crippen LogP contribution in [0.2, 0.25) is 0 Å². The first-order chi connectivity index (χ1) is 23.3. The molecule has 0 radical (unpaired) electrons. The third-order valence-electron chi connectivity index (χ3n) is 10.3. The molecule has 0 heteroatoms. The average molecular weight is 595 g/mol. The molecule has 0 spiro atoms. The van der Waals surface area contributed by atoms with E-state index < -0.39 is 0 Å². The van der Waals surface area contributed by atoms with Crippen molar-refractivity contribution in [2.75, 3.05) is 0 Å². The van der Waals surface area contributed by atoms with Crippen LogP contribution in [-0.2, 0) is 6.42 Å². The zero-order chi connectivity index (χ0) is 30.9. The van der Waals surface area contributed by atoms with Crippen molar-refractivity contribution in [1.29, 1.82) is 0 Å². The van der Waals surface area contributed by atoms with E-state index in [1.54, 1.807) is 0 Å². The summed E-state index contributed by atoms with van der Waals surface area (Å²) in [5, 5.41) is 10.3. The van der Waals surface area contributed by atoms with E-state index in [0.29, 0.717) is 0 Å². The molecule has 9 aromatic carbocycles. The minimum Gasteiger partial charge on any atom is -0.0616 e. The molecule has 0 heterocycles. The highest BCUT2D eigenvalue weighted by Gasteiger charge is 2.23. The molecule has 1 aliphatic rings. The zero-order valence-corrected chi connectivity index (χ0v) is 25.9. The normalized spacial score (nSPS) is 12.2. The van der Waals surface area contributed by atoms with Crippen LogP contribution in [0.3, 0.4) is 0 Å². The van der Waals surface area contributed by atoms with Crippen molar-refractivity contribution in [3.8, 4) is 44.5 Å². The molecule has 0 fully saturated rings. The molecule has 9 aromatic rings. The number of hydrogen-bond acceptors (Lipinski definition) is 0. The Morgan fingerprint density at radius 2 is 0.766 bits per heavy atom. The van der Waals surface area contributed by atoms with Crippen LogP contribution in [-0.4, -0.2) is 0 Å². The van der Waals surface area contributed by atoms with Crippen molar-refractivity contribution in [3.05, 3.63) is 181 Å². The maximum absolute atomic E-state index is 2.46. The molecule has 10 rings (SSSR count). The topological polar surface area (TPSA) is 0 Å². The summed E-state index contributed by atoms with van der Waals surface area (Å²) in [5.41, 5.74) is 13.2. The average Bonchev–Trinajstić information content (AvgIpc) is 3.52. The van der Waals surface area contributed by atoms with Gasteiger partial charge in [0.05, 0.1) is 0 Å². The highest BCUT2D eigenvalue weighted by molar-refractivity contribution is 6.21. The second-order valence-electron chi connectivity index (χ2n) is 12.8. The lowest BCUT2D eigenvalue weighted by Gasteiger charge is -2.18. The standard InChI is InChI=1S/C47H30/c1-3-13-37-30(10-1)12-9-19-38(37)32-20-23-33(24-21-32)45-40-15-5-7-17-42(40)47(43-18-8-6-16-41(43)45)36-27-25-34-28-35-26-22-31-11-2-4-14-39(31)46(35)44(34)29-36/h1-27,29H,28H2. The van der Waals surface area contributed by atoms with Gasteiger partial charge in [-0.1, -0.05) is 164 Å². The van der Waals surface area contributed by atoms with Crippen molar-refractivity contribution in [2.24, 2.45) is 0 Å². The van der Waals surface area contributed by atoms with E-state index >= 15 is 0 Å². The molecule has 0 atom stereocenters. The van der Waals surface area contributed by atoms with Gasteiger partial charge in [-0.05, 0) is 111 Å². The molecule has 0 nitrogen and oxygen atoms in total. The van der Waals surface area contributed by atoms with Gasteiger partial charge in [0.2, 0.25) is 0 Å². The van der Waals surface area contributed by atoms with E-state index in [9.17, 15) is 0 Å². The first-order valence-corrected chi connectivity index (χ1v) is 16.5. The van der Waals surface area contributed by atoms with Gasteiger partial charge in [-0.25, -0.2) is 0 Å². The van der Waals surface area contributed by atoms with Crippen LogP contribution in [0, 0.1) is 0 Å². The summed E-state index contributed by atoms with van der Waals surface area (Å²) < 4.78 is 0. The van der Waals surface area contributed by atoms with Gasteiger partial charge in [0.1, 0.15) is 0 Å². The minimum absolute atomic E-state index is 0.991. The number of fused-ring (bicyclic) bond motifs is 8. The van der Waals surface area contributed by atoms with Crippen molar-refractivity contribution in [2.45, 2.75) is 6.42 Å². The SMILES string of the molecule is c1ccc2c(-c3ccc(-c4c5ccccc5c(-c5ccc6c(c5)-c5c(ccc7ccccc57)C6)c5ccccc45)cc3)cccc2c1. The molecule has 0 saturated heterocycles. The summed E-state index contributed by atoms with van der Waals surface area (Å²) >= 11 is 0. The third kappa shape index (κ3) is 4.02. The molecule has 47 heavy (non-hydrogen) atoms. The van der Waals surface area contributed by atoms with Crippen LogP contribution >= 0.6 is 0 Å². The maximum Gasteiger partial charge on any atom is -0.00132 e. The summed E-state index contributed by atoms with van der Waals surface area (Å²) in [6, 6.07) is 62.9. The van der Waals surface area contributed by atoms with E-state index in [1.165, 1.54) is 98.7 Å². The van der Waals surface area contributed by atoms with Crippen LogP contribution in [0.15, 0.2) is 170 Å². The highest BCUT2D eigenvalue weighted by Crippen LogP contribution is 2.47. The van der Waals surface area contributed by atoms with Crippen molar-refractivity contribution < 1.29 is 0 Å². The Hall–Kier alpha value is -5.98. The molecule has 0 amide bonds. The Balaban J connectivity index is 1.18. The predicted molar refractivity (Wildman–Crippen MR) is 201 cm³/mol. The lowest BCUT2D eigenvalue weighted by molar-refractivity contribution is 1.27. The first-order valence-electron chi connectivity index (χ1n) is 16.5. The van der Waals surface area contributed by atoms with Gasteiger partial charge in [-0.3, -0.25) is 0 Å². The summed E-state index contributed by atoms with van der Waals surface area (Å²) in [7, 11) is 0. The maximum atomic E-state index is 2.46. The van der Waals surface area contributed by atoms with Crippen LogP contribution in [0.5, 0.6) is 0 Å². The molecule has 0 unspecified atom stereocenters. The monoisotopic (exact) mass is 594 g/mol. The highest BCUT2D eigenvalue weighted by atomic mass is 14.3. The summed E-state index contributed by atoms with van der Waals surface area (Å²) in [5.74, 6) is 0. The summed E-state index contributed by atoms with van der Waals surface area (Å²) in [4.78, 5) is 0. The Labute approximate surface area is 274 Å². The number of hydrogen-bond donors (Lipinski definition) is 0. The van der Waals surface area contributed by atoms with E-state index in [-0.39, 0.29) is 0 Å². The van der Waals surface area contributed by atoms with Crippen LogP contribution < -0.4 is 0 Å². The molecule has 1 aliphatic carbocycles. The summed E-state index contributed by atoms with van der Waals surface area (Å²) in [6.45, 7) is 0. The molecule has 0 aromatic heterocycles. The predicted octanol–water partition coefficient (Wildman–Crippen LogP) is 12.9. The molecule has 0 N–H and O–H groups in total. The number of rotatable bonds is 3. The quantitative estimate of drug-likeness (QED) is 0.179. The lowest BCUT2D eigenvalue weighted by Crippen LogP contribution is -1.92. The first kappa shape index (κ1) is 26.3. The van der Waals surface area contributed by atoms with Crippen LogP contribution in [0.25, 0.3) is 87.6 Å². The van der Waals surface area contributed by atoms with Gasteiger partial charge >= 0.3 is 0 Å². The van der Waals surface area contributed by atoms with Gasteiger partial charge < -0.3 is 0 Å². The van der Waals surface area contributed by atoms with E-state index in [0.717, 1.165) is 6.42 Å². The zero-order valence-electron chi connectivity index (χ0n) is 25.9. The molecular formula is C47H30. The molecule has 0 bridgehead atoms. The van der Waals surface area contributed by atoms with E-state index in [4.69, 9.17) is 0 Å². The lowest BCUT2D eigenvalue weighted by atomic mass is 9.85. The fourth-order valence-electron chi connectivity index (χ4n) is 8.15. The Bertz CT molecular complexity index is 2630. The van der Waals surface area contributed by atoms with Crippen molar-refractivity contribution in [3.63, 3.8) is 0 Å². The van der Waals surface area contributed by atoms with Crippen LogP contribution in [0.4, 0.5) is 0 Å². The van der Waals surface area contributed by atoms with Gasteiger partial charge in [0.25, 0.3) is 0 Å². The second-order valence-corrected chi connectivity index (χ2v) is 12.8. The second kappa shape index (κ2) is 10.3.